The molecule has 0 aromatic rings. The van der Waals surface area contributed by atoms with E-state index in [9.17, 15) is 4.79 Å². The monoisotopic (exact) mass is 194 g/mol. The topological polar surface area (TPSA) is 44.1 Å². The summed E-state index contributed by atoms with van der Waals surface area (Å²) in [6, 6.07) is 2.32. The molecule has 0 spiro atoms. The van der Waals surface area contributed by atoms with Crippen LogP contribution in [-0.4, -0.2) is 22.9 Å². The number of carbonyl (C=O) groups is 1. The second-order valence-corrected chi connectivity index (χ2v) is 3.95. The molecule has 0 aromatic heterocycles. The lowest BCUT2D eigenvalue weighted by Gasteiger charge is -2.27. The smallest absolute Gasteiger partial charge is 0.220 e. The fourth-order valence-corrected chi connectivity index (χ4v) is 2.55. The number of nitriles is 1. The zero-order chi connectivity index (χ0) is 10.7. The molecule has 3 heteroatoms. The highest BCUT2D eigenvalue weighted by atomic mass is 16.2. The van der Waals surface area contributed by atoms with Crippen molar-refractivity contribution in [2.75, 3.05) is 0 Å². The molecule has 0 aliphatic carbocycles. The van der Waals surface area contributed by atoms with Gasteiger partial charge in [0.25, 0.3) is 0 Å². The van der Waals surface area contributed by atoms with Gasteiger partial charge >= 0.3 is 0 Å². The fourth-order valence-electron chi connectivity index (χ4n) is 2.55. The molecular weight excluding hydrogens is 176 g/mol. The maximum Gasteiger partial charge on any atom is 0.220 e. The van der Waals surface area contributed by atoms with Crippen LogP contribution in [0.2, 0.25) is 0 Å². The van der Waals surface area contributed by atoms with Gasteiger partial charge in [-0.2, -0.15) is 5.26 Å². The molecular formula is C11H18N2O. The van der Waals surface area contributed by atoms with Gasteiger partial charge in [-0.3, -0.25) is 4.79 Å². The Kier molecular flexibility index (Phi) is 3.51. The molecule has 0 radical (unpaired) electrons. The van der Waals surface area contributed by atoms with Gasteiger partial charge in [-0.1, -0.05) is 20.3 Å². The number of rotatable bonds is 2. The third-order valence-corrected chi connectivity index (χ3v) is 3.22. The zero-order valence-corrected chi connectivity index (χ0v) is 9.16. The normalized spacial score (nSPS) is 31.6. The second-order valence-electron chi connectivity index (χ2n) is 3.95. The lowest BCUT2D eigenvalue weighted by molar-refractivity contribution is -0.131. The van der Waals surface area contributed by atoms with Gasteiger partial charge in [-0.15, -0.1) is 0 Å². The predicted molar refractivity (Wildman–Crippen MR) is 54.4 cm³/mol. The highest BCUT2D eigenvalue weighted by Gasteiger charge is 2.40. The van der Waals surface area contributed by atoms with Crippen molar-refractivity contribution in [2.45, 2.75) is 52.1 Å². The Morgan fingerprint density at radius 3 is 2.50 bits per heavy atom. The Hall–Kier alpha value is -1.04. The van der Waals surface area contributed by atoms with Crippen LogP contribution in [0.3, 0.4) is 0 Å². The van der Waals surface area contributed by atoms with Gasteiger partial charge in [0.15, 0.2) is 0 Å². The molecule has 78 valence electrons. The van der Waals surface area contributed by atoms with Gasteiger partial charge < -0.3 is 4.90 Å². The minimum atomic E-state index is -0.192. The Morgan fingerprint density at radius 2 is 2.14 bits per heavy atom. The van der Waals surface area contributed by atoms with E-state index in [0.29, 0.717) is 5.92 Å². The maximum atomic E-state index is 11.4. The van der Waals surface area contributed by atoms with Crippen LogP contribution in [0.1, 0.15) is 40.0 Å². The van der Waals surface area contributed by atoms with Gasteiger partial charge in [0, 0.05) is 13.0 Å². The fraction of sp³-hybridized carbons (Fsp3) is 0.818. The van der Waals surface area contributed by atoms with E-state index in [1.807, 2.05) is 0 Å². The first-order valence-electron chi connectivity index (χ1n) is 5.34. The lowest BCUT2D eigenvalue weighted by Crippen LogP contribution is -2.40. The number of nitrogens with zero attached hydrogens (tertiary/aromatic N) is 2. The maximum absolute atomic E-state index is 11.4. The summed E-state index contributed by atoms with van der Waals surface area (Å²) in [5.74, 6) is 0.549. The number of hydrogen-bond acceptors (Lipinski definition) is 2. The summed E-state index contributed by atoms with van der Waals surface area (Å²) < 4.78 is 0. The highest BCUT2D eigenvalue weighted by Crippen LogP contribution is 2.33. The summed E-state index contributed by atoms with van der Waals surface area (Å²) in [5.41, 5.74) is 0. The van der Waals surface area contributed by atoms with E-state index in [1.165, 1.54) is 0 Å². The zero-order valence-electron chi connectivity index (χ0n) is 9.16. The van der Waals surface area contributed by atoms with Crippen LogP contribution in [0.5, 0.6) is 0 Å². The van der Waals surface area contributed by atoms with Crippen molar-refractivity contribution in [3.05, 3.63) is 0 Å². The summed E-state index contributed by atoms with van der Waals surface area (Å²) in [5, 5.41) is 8.97. The van der Waals surface area contributed by atoms with E-state index in [4.69, 9.17) is 5.26 Å². The van der Waals surface area contributed by atoms with Gasteiger partial charge in [-0.05, 0) is 18.8 Å². The molecule has 0 N–H and O–H groups in total. The van der Waals surface area contributed by atoms with Crippen LogP contribution in [0.4, 0.5) is 0 Å². The summed E-state index contributed by atoms with van der Waals surface area (Å²) >= 11 is 0. The van der Waals surface area contributed by atoms with Gasteiger partial charge in [0.05, 0.1) is 6.07 Å². The summed E-state index contributed by atoms with van der Waals surface area (Å²) in [6.45, 7) is 5.78. The Balaban J connectivity index is 2.87. The molecule has 2 unspecified atom stereocenters. The first-order chi connectivity index (χ1) is 6.65. The summed E-state index contributed by atoms with van der Waals surface area (Å²) in [6.07, 6.45) is 2.86. The van der Waals surface area contributed by atoms with Crippen LogP contribution < -0.4 is 0 Å². The van der Waals surface area contributed by atoms with E-state index in [1.54, 1.807) is 11.8 Å². The molecule has 0 aromatic carbocycles. The Morgan fingerprint density at radius 1 is 1.50 bits per heavy atom. The van der Waals surface area contributed by atoms with E-state index in [0.717, 1.165) is 19.3 Å². The van der Waals surface area contributed by atoms with Crippen molar-refractivity contribution in [1.29, 1.82) is 5.26 Å². The largest absolute Gasteiger partial charge is 0.324 e. The molecule has 3 nitrogen and oxygen atoms in total. The lowest BCUT2D eigenvalue weighted by atomic mass is 9.95. The molecule has 1 aliphatic rings. The van der Waals surface area contributed by atoms with Crippen molar-refractivity contribution < 1.29 is 4.79 Å². The van der Waals surface area contributed by atoms with Crippen molar-refractivity contribution >= 4 is 5.91 Å². The van der Waals surface area contributed by atoms with Crippen LogP contribution in [0.25, 0.3) is 0 Å². The number of carbonyl (C=O) groups excluding carboxylic acids is 1. The van der Waals surface area contributed by atoms with Crippen LogP contribution >= 0.6 is 0 Å². The van der Waals surface area contributed by atoms with E-state index in [-0.39, 0.29) is 18.0 Å². The molecule has 1 aliphatic heterocycles. The average Bonchev–Trinajstić information content (AvgIpc) is 2.54. The molecule has 14 heavy (non-hydrogen) atoms. The molecule has 3 atom stereocenters. The number of amides is 1. The van der Waals surface area contributed by atoms with Gasteiger partial charge in [0.1, 0.15) is 6.04 Å². The quantitative estimate of drug-likeness (QED) is 0.674. The standard InChI is InChI=1S/C11H18N2O/c1-4-9-6-10(7-12)13(8(3)14)11(9)5-2/h9-11H,4-6H2,1-3H3/t9?,10?,11-/m1/s1. The first kappa shape index (κ1) is 11.0. The average molecular weight is 194 g/mol. The number of likely N-dealkylation sites (tertiary alicyclic amines) is 1. The molecule has 0 bridgehead atoms. The van der Waals surface area contributed by atoms with E-state index in [2.05, 4.69) is 19.9 Å². The van der Waals surface area contributed by atoms with E-state index < -0.39 is 0 Å². The summed E-state index contributed by atoms with van der Waals surface area (Å²) in [7, 11) is 0. The molecule has 0 saturated carbocycles. The molecule has 1 amide bonds. The van der Waals surface area contributed by atoms with E-state index >= 15 is 0 Å². The van der Waals surface area contributed by atoms with Gasteiger partial charge in [-0.25, -0.2) is 0 Å². The molecule has 1 fully saturated rings. The second kappa shape index (κ2) is 4.45. The van der Waals surface area contributed by atoms with Crippen molar-refractivity contribution in [3.8, 4) is 6.07 Å². The van der Waals surface area contributed by atoms with Crippen molar-refractivity contribution in [1.82, 2.24) is 4.90 Å². The van der Waals surface area contributed by atoms with Crippen LogP contribution in [-0.2, 0) is 4.79 Å². The number of hydrogen-bond donors (Lipinski definition) is 0. The van der Waals surface area contributed by atoms with Crippen molar-refractivity contribution in [2.24, 2.45) is 5.92 Å². The first-order valence-corrected chi connectivity index (χ1v) is 5.34. The van der Waals surface area contributed by atoms with Crippen LogP contribution in [0, 0.1) is 17.2 Å². The Labute approximate surface area is 85.7 Å². The molecule has 1 rings (SSSR count). The minimum Gasteiger partial charge on any atom is -0.324 e. The highest BCUT2D eigenvalue weighted by molar-refractivity contribution is 5.74. The minimum absolute atomic E-state index is 0.0411. The molecule has 1 saturated heterocycles. The predicted octanol–water partition coefficient (Wildman–Crippen LogP) is 1.94. The van der Waals surface area contributed by atoms with Gasteiger partial charge in [0.2, 0.25) is 5.91 Å². The Bertz CT molecular complexity index is 257. The summed E-state index contributed by atoms with van der Waals surface area (Å²) in [4.78, 5) is 13.2. The third-order valence-electron chi connectivity index (χ3n) is 3.22. The molecule has 1 heterocycles. The SMILES string of the molecule is CCC1CC(C#N)N(C(C)=O)[C@@H]1CC. The third kappa shape index (κ3) is 1.75. The van der Waals surface area contributed by atoms with Crippen molar-refractivity contribution in [3.63, 3.8) is 0 Å². The van der Waals surface area contributed by atoms with Crippen LogP contribution in [0.15, 0.2) is 0 Å².